The first-order valence-corrected chi connectivity index (χ1v) is 49.9. The molecule has 4 aliphatic heterocycles. The minimum Gasteiger partial charge on any atom is -1.00 e. The van der Waals surface area contributed by atoms with E-state index in [-0.39, 0.29) is 116 Å². The van der Waals surface area contributed by atoms with Gasteiger partial charge in [0.05, 0.1) is 42.8 Å². The number of ether oxygens (including phenoxy) is 3. The quantitative estimate of drug-likeness (QED) is 0.0202. The van der Waals surface area contributed by atoms with E-state index in [0.717, 1.165) is 79.8 Å². The Morgan fingerprint density at radius 2 is 0.699 bits per heavy atom. The molecule has 146 heavy (non-hydrogen) atoms. The van der Waals surface area contributed by atoms with E-state index in [1.54, 1.807) is 124 Å². The fourth-order valence-electron chi connectivity index (χ4n) is 14.6. The first kappa shape index (κ1) is 123. The van der Waals surface area contributed by atoms with Crippen LogP contribution in [0.2, 0.25) is 5.15 Å². The maximum Gasteiger partial charge on any atom is 2.00 e. The van der Waals surface area contributed by atoms with Gasteiger partial charge in [-0.2, -0.15) is 14.6 Å². The molecule has 12 aromatic rings. The molecule has 3 amide bonds. The Bertz CT molecular complexity index is 6330. The van der Waals surface area contributed by atoms with Crippen LogP contribution in [0.25, 0.3) is 11.0 Å². The summed E-state index contributed by atoms with van der Waals surface area (Å²) in [5.41, 5.74) is 16.8. The standard InChI is InChI=1S/C25H36FN5O3S.C24H32FN5O3S.C22H22BrFN8.C21H28FN5O2.C6H3BrClN3.CH4.CH3.ClH.HI.Mg/c1-23(2,3)34-22(32)31-14-12-30(13-15-31)21-27-16-19(17-28-21)25(7,29-35(33)24(4,5)6)18-8-10-20(26)11-9-18;1-23(2,3)33-22(31)30-13-11-29(12-14-30)21-26-15-18(16-27-21)20(28-34(32)24(4,5)6)17-7-9-19(25)10-8-17;1-22(25,15-2-4-18(24)5-3-15)16-11-26-21(27-12-16)31-8-6-30(7-9-31)20-19-10-17(23)13-32(19)29-14-28-20;1-20(2,3)29-19(28)27-11-9-26(10-12-27)18-24-13-16(14-25-18)21(4,23)15-5-7-17(22)8-6-15;7-4-1-5-6(8)9-3-10-11(5)2-4;;;;;/h8-11,16-17,29H,12-15H2,1-7H3;7-10,15-16H,11-14H2,1-6H3;2-5,10-14H,6-9,25H2,1H3;5-8,13-14H,9-12,23H2,1-4H3;1-3H;1H4;1H3;2*1H;/q;;;;;;-1;;;+2/p-2/t25-,35-;34-;22-;21-;;;;;;/m0000....../s1. The number of halogens is 9. The van der Waals surface area contributed by atoms with Gasteiger partial charge in [-0.1, -0.05) is 55.4 Å². The number of hydrogen-bond donors (Lipinski definition) is 3. The van der Waals surface area contributed by atoms with Gasteiger partial charge in [-0.05, 0) is 246 Å². The Morgan fingerprint density at radius 1 is 0.404 bits per heavy atom. The summed E-state index contributed by atoms with van der Waals surface area (Å²) in [6.45, 7) is 43.3. The fraction of sp³-hybridized carbons (Fsp3) is 0.430. The summed E-state index contributed by atoms with van der Waals surface area (Å²) in [6.07, 6.45) is 19.4. The van der Waals surface area contributed by atoms with Crippen LogP contribution in [0, 0.1) is 30.7 Å². The molecule has 12 heterocycles. The van der Waals surface area contributed by atoms with Crippen molar-refractivity contribution in [3.8, 4) is 0 Å². The number of nitrogens with one attached hydrogen (secondary N) is 1. The normalized spacial score (nSPS) is 15.8. The summed E-state index contributed by atoms with van der Waals surface area (Å²) >= 11 is 12.6. The molecule has 16 rings (SSSR count). The summed E-state index contributed by atoms with van der Waals surface area (Å²) in [4.78, 5) is 96.8. The smallest absolute Gasteiger partial charge is 1.00 e. The Hall–Kier alpha value is -10.1. The fourth-order valence-corrected chi connectivity index (χ4v) is 17.2. The van der Waals surface area contributed by atoms with E-state index < -0.39 is 64.9 Å². The molecule has 0 aliphatic carbocycles. The predicted molar refractivity (Wildman–Crippen MR) is 566 cm³/mol. The number of carbonyl (C=O) groups is 3. The Kier molecular flexibility index (Phi) is 44.0. The van der Waals surface area contributed by atoms with E-state index in [4.69, 9.17) is 37.3 Å². The minimum absolute atomic E-state index is 0. The molecule has 34 nitrogen and oxygen atoms in total. The first-order chi connectivity index (χ1) is 66.3. The average Bonchev–Trinajstić information content (AvgIpc) is 1.38. The second-order valence-electron chi connectivity index (χ2n) is 39.4. The number of anilines is 5. The molecule has 8 aromatic heterocycles. The Balaban J connectivity index is 0.000000252. The molecule has 4 aromatic carbocycles. The number of aromatic nitrogens is 14. The van der Waals surface area contributed by atoms with Crippen LogP contribution in [-0.4, -0.2) is 270 Å². The van der Waals surface area contributed by atoms with Crippen molar-refractivity contribution in [1.82, 2.24) is 88.5 Å². The second kappa shape index (κ2) is 52.3. The number of benzene rings is 4. The van der Waals surface area contributed by atoms with E-state index in [1.807, 2.05) is 168 Å². The Morgan fingerprint density at radius 3 is 1.03 bits per heavy atom. The molecular weight excluding hydrogens is 2220 g/mol. The van der Waals surface area contributed by atoms with Crippen molar-refractivity contribution >= 4 is 153 Å². The van der Waals surface area contributed by atoms with Crippen molar-refractivity contribution in [2.45, 2.75) is 175 Å². The van der Waals surface area contributed by atoms with Crippen molar-refractivity contribution < 1.29 is 91.0 Å². The minimum atomic E-state index is -1.52. The van der Waals surface area contributed by atoms with Gasteiger partial charge in [0.15, 0.2) is 11.0 Å². The van der Waals surface area contributed by atoms with Crippen molar-refractivity contribution in [2.75, 3.05) is 129 Å². The van der Waals surface area contributed by atoms with Gasteiger partial charge in [0, 0.05) is 203 Å². The molecule has 0 saturated carbocycles. The van der Waals surface area contributed by atoms with Crippen molar-refractivity contribution in [3.63, 3.8) is 0 Å². The van der Waals surface area contributed by atoms with Gasteiger partial charge in [-0.3, -0.25) is 0 Å². The largest absolute Gasteiger partial charge is 2.00 e. The van der Waals surface area contributed by atoms with E-state index in [2.05, 4.69) is 111 Å². The molecule has 4 fully saturated rings. The topological polar surface area (TPSA) is 379 Å². The third-order valence-electron chi connectivity index (χ3n) is 22.8. The Labute approximate surface area is 918 Å². The molecule has 0 radical (unpaired) electrons. The maximum atomic E-state index is 13.6. The van der Waals surface area contributed by atoms with Crippen LogP contribution in [0.4, 0.5) is 61.6 Å². The summed E-state index contributed by atoms with van der Waals surface area (Å²) in [5.74, 6) is 1.96. The zero-order valence-electron chi connectivity index (χ0n) is 84.8. The number of nitrogens with zero attached hydrogens (tertiary/aromatic N) is 23. The van der Waals surface area contributed by atoms with E-state index in [9.17, 15) is 40.4 Å². The van der Waals surface area contributed by atoms with Crippen LogP contribution in [0.3, 0.4) is 0 Å². The number of nitrogens with two attached hydrogens (primary N) is 2. The van der Waals surface area contributed by atoms with Crippen molar-refractivity contribution in [2.24, 2.45) is 15.9 Å². The van der Waals surface area contributed by atoms with E-state index in [1.165, 1.54) is 54.9 Å². The number of fused-ring (bicyclic) bond motifs is 2. The molecule has 0 unspecified atom stereocenters. The molecule has 4 aliphatic rings. The monoisotopic (exact) mass is 2340 g/mol. The first-order valence-electron chi connectivity index (χ1n) is 45.7. The average molecular weight is 2340 g/mol. The van der Waals surface area contributed by atoms with Crippen LogP contribution < -0.4 is 77.1 Å². The van der Waals surface area contributed by atoms with Gasteiger partial charge >= 0.3 is 41.3 Å². The summed E-state index contributed by atoms with van der Waals surface area (Å²) in [6, 6.07) is 28.2. The zero-order chi connectivity index (χ0) is 102. The number of amides is 3. The number of carbonyl (C=O) groups excluding carboxylic acids is 3. The molecule has 5 atom stereocenters. The van der Waals surface area contributed by atoms with Gasteiger partial charge in [-0.25, -0.2) is 104 Å². The third kappa shape index (κ3) is 33.4. The summed E-state index contributed by atoms with van der Waals surface area (Å²) in [7, 11) is -2.92. The molecule has 784 valence electrons. The van der Waals surface area contributed by atoms with Crippen molar-refractivity contribution in [3.05, 3.63) is 273 Å². The third-order valence-corrected chi connectivity index (χ3v) is 27.0. The summed E-state index contributed by atoms with van der Waals surface area (Å²) in [5, 5.41) is 8.68. The maximum absolute atomic E-state index is 13.6. The van der Waals surface area contributed by atoms with Gasteiger partial charge in [0.2, 0.25) is 23.8 Å². The van der Waals surface area contributed by atoms with Gasteiger partial charge < -0.3 is 109 Å². The molecule has 5 N–H and O–H groups in total. The SMILES string of the molecule is C.CC(C)(C)OC(=O)N1CCN(c2ncc(C(=N[S@@](=O)C(C)(C)C)c3ccc(F)cc3)cn2)CC1.CC(C)(C)OC(=O)N1CCN(c2ncc([C@@](C)(N)c3ccc(F)cc3)cn2)CC1.CC(C)(C)OC(=O)N1CCN(c2ncc([C@@](C)(N[S@@](=O)C(C)(C)C)c3ccc(F)cc3)cn2)CC1.C[C@](N)(c1ccc(F)cc1)c1cnc(N2CCN(c3ncnn4cc(Br)cc34)CC2)nc1.Clc1ncnn2cc(Br)cc12.[CH3-].[Cl-].[I-].[Mg+2]. The number of hydrogen-bond acceptors (Lipinski definition) is 27. The van der Waals surface area contributed by atoms with Crippen LogP contribution in [0.15, 0.2) is 197 Å². The van der Waals surface area contributed by atoms with Crippen molar-refractivity contribution in [1.29, 1.82) is 0 Å². The summed E-state index contributed by atoms with van der Waals surface area (Å²) < 4.78 is 108. The van der Waals surface area contributed by atoms with Gasteiger partial charge in [0.1, 0.15) is 74.7 Å². The number of rotatable bonds is 16. The molecule has 46 heteroatoms. The van der Waals surface area contributed by atoms with Crippen LogP contribution in [-0.2, 0) is 52.8 Å². The van der Waals surface area contributed by atoms with Gasteiger partial charge in [0.25, 0.3) is 0 Å². The van der Waals surface area contributed by atoms with Crippen LogP contribution in [0.5, 0.6) is 0 Å². The predicted octanol–water partition coefficient (Wildman–Crippen LogP) is 10.7. The molecule has 4 saturated heterocycles. The van der Waals surface area contributed by atoms with Crippen LogP contribution in [0.1, 0.15) is 177 Å². The van der Waals surface area contributed by atoms with E-state index >= 15 is 0 Å². The second-order valence-corrected chi connectivity index (χ2v) is 45.4. The molecular formula is C100H128Br2Cl2F4IMgN26O8S2-. The van der Waals surface area contributed by atoms with Crippen LogP contribution >= 0.6 is 43.5 Å². The molecule has 0 bridgehead atoms. The van der Waals surface area contributed by atoms with Gasteiger partial charge in [-0.15, -0.1) is 0 Å². The number of piperazine rings is 4. The molecule has 0 spiro atoms. The zero-order valence-corrected chi connectivity index (χ0v) is 94.7. The van der Waals surface area contributed by atoms with E-state index in [0.29, 0.717) is 130 Å².